The van der Waals surface area contributed by atoms with Crippen LogP contribution < -0.4 is 10.2 Å². The number of amides is 1. The first-order valence-electron chi connectivity index (χ1n) is 7.85. The van der Waals surface area contributed by atoms with E-state index in [1.54, 1.807) is 13.1 Å². The average molecular weight is 314 g/mol. The first kappa shape index (κ1) is 15.5. The number of carbonyl (C=O) groups is 1. The zero-order valence-corrected chi connectivity index (χ0v) is 14.0. The highest BCUT2D eigenvalue weighted by Gasteiger charge is 2.31. The molecule has 122 valence electrons. The molecule has 1 aliphatic rings. The van der Waals surface area contributed by atoms with Gasteiger partial charge in [0.15, 0.2) is 11.5 Å². The summed E-state index contributed by atoms with van der Waals surface area (Å²) in [5.41, 5.74) is 3.87. The molecule has 1 N–H and O–H groups in total. The zero-order chi connectivity index (χ0) is 16.6. The summed E-state index contributed by atoms with van der Waals surface area (Å²) in [7, 11) is 3.56. The predicted octanol–water partition coefficient (Wildman–Crippen LogP) is 1.53. The van der Waals surface area contributed by atoms with Gasteiger partial charge in [0.05, 0.1) is 11.7 Å². The van der Waals surface area contributed by atoms with Gasteiger partial charge < -0.3 is 10.2 Å². The highest BCUT2D eigenvalue weighted by Crippen LogP contribution is 2.37. The normalized spacial score (nSPS) is 17.6. The van der Waals surface area contributed by atoms with Crippen LogP contribution in [0.25, 0.3) is 0 Å². The third-order valence-corrected chi connectivity index (χ3v) is 4.56. The minimum absolute atomic E-state index is 0.221. The second-order valence-corrected chi connectivity index (χ2v) is 5.92. The first-order valence-corrected chi connectivity index (χ1v) is 7.85. The van der Waals surface area contributed by atoms with Gasteiger partial charge in [0.2, 0.25) is 0 Å². The van der Waals surface area contributed by atoms with Gasteiger partial charge in [0, 0.05) is 31.9 Å². The minimum Gasteiger partial charge on any atom is -0.354 e. The van der Waals surface area contributed by atoms with Crippen LogP contribution in [0.2, 0.25) is 0 Å². The number of anilines is 1. The molecule has 2 aromatic rings. The van der Waals surface area contributed by atoms with Crippen LogP contribution in [0.15, 0.2) is 12.1 Å². The van der Waals surface area contributed by atoms with Crippen LogP contribution in [-0.4, -0.2) is 39.5 Å². The third-order valence-electron chi connectivity index (χ3n) is 4.56. The maximum atomic E-state index is 11.6. The number of hydrogen-bond acceptors (Lipinski definition) is 5. The lowest BCUT2D eigenvalue weighted by Crippen LogP contribution is -2.26. The van der Waals surface area contributed by atoms with E-state index in [0.717, 1.165) is 30.9 Å². The molecule has 1 aliphatic heterocycles. The molecular formula is C16H22N6O. The molecule has 3 heterocycles. The fourth-order valence-corrected chi connectivity index (χ4v) is 3.34. The molecule has 0 saturated carbocycles. The molecule has 0 spiro atoms. The van der Waals surface area contributed by atoms with Crippen molar-refractivity contribution in [3.05, 3.63) is 34.8 Å². The van der Waals surface area contributed by atoms with Gasteiger partial charge in [0.1, 0.15) is 0 Å². The number of aromatic nitrogens is 4. The molecule has 0 aromatic carbocycles. The summed E-state index contributed by atoms with van der Waals surface area (Å²) in [4.78, 5) is 13.8. The Morgan fingerprint density at radius 1 is 1.30 bits per heavy atom. The molecule has 1 atom stereocenters. The lowest BCUT2D eigenvalue weighted by molar-refractivity contribution is 0.0957. The molecule has 7 heteroatoms. The van der Waals surface area contributed by atoms with Crippen LogP contribution in [-0.2, 0) is 7.05 Å². The van der Waals surface area contributed by atoms with E-state index in [1.165, 1.54) is 11.3 Å². The molecule has 1 unspecified atom stereocenters. The maximum absolute atomic E-state index is 11.6. The smallest absolute Gasteiger partial charge is 0.271 e. The summed E-state index contributed by atoms with van der Waals surface area (Å²) < 4.78 is 1.93. The topological polar surface area (TPSA) is 75.9 Å². The highest BCUT2D eigenvalue weighted by molar-refractivity contribution is 5.91. The van der Waals surface area contributed by atoms with E-state index < -0.39 is 0 Å². The fourth-order valence-electron chi connectivity index (χ4n) is 3.34. The standard InChI is InChI=1S/C16H22N6O/c1-10-15(11(2)21(4)20-10)13-6-5-9-22(13)14-8-7-12(18-19-14)16(23)17-3/h7-8,13H,5-6,9H2,1-4H3,(H,17,23). The Hall–Kier alpha value is -2.44. The van der Waals surface area contributed by atoms with Crippen LogP contribution in [0.5, 0.6) is 0 Å². The second kappa shape index (κ2) is 5.98. The van der Waals surface area contributed by atoms with Crippen LogP contribution in [0.1, 0.15) is 46.3 Å². The Morgan fingerprint density at radius 2 is 2.09 bits per heavy atom. The van der Waals surface area contributed by atoms with Gasteiger partial charge in [-0.25, -0.2) is 0 Å². The van der Waals surface area contributed by atoms with Crippen molar-refractivity contribution in [2.45, 2.75) is 32.7 Å². The number of rotatable bonds is 3. The fraction of sp³-hybridized carbons (Fsp3) is 0.500. The van der Waals surface area contributed by atoms with E-state index >= 15 is 0 Å². The van der Waals surface area contributed by atoms with Gasteiger partial charge in [-0.15, -0.1) is 10.2 Å². The molecule has 0 bridgehead atoms. The molecule has 23 heavy (non-hydrogen) atoms. The monoisotopic (exact) mass is 314 g/mol. The Kier molecular flexibility index (Phi) is 4.02. The van der Waals surface area contributed by atoms with Crippen LogP contribution in [0, 0.1) is 13.8 Å². The van der Waals surface area contributed by atoms with Gasteiger partial charge in [-0.2, -0.15) is 5.10 Å². The summed E-state index contributed by atoms with van der Waals surface area (Å²) in [6, 6.07) is 3.86. The van der Waals surface area contributed by atoms with Crippen LogP contribution in [0.3, 0.4) is 0 Å². The molecule has 1 amide bonds. The lowest BCUT2D eigenvalue weighted by Gasteiger charge is -2.26. The summed E-state index contributed by atoms with van der Waals surface area (Å²) in [6.45, 7) is 5.10. The summed E-state index contributed by atoms with van der Waals surface area (Å²) in [5.74, 6) is 0.587. The second-order valence-electron chi connectivity index (χ2n) is 5.92. The van der Waals surface area contributed by atoms with Crippen molar-refractivity contribution >= 4 is 11.7 Å². The third kappa shape index (κ3) is 2.67. The van der Waals surface area contributed by atoms with Gasteiger partial charge in [0.25, 0.3) is 5.91 Å². The average Bonchev–Trinajstić information content (AvgIpc) is 3.12. The van der Waals surface area contributed by atoms with Gasteiger partial charge in [-0.1, -0.05) is 0 Å². The van der Waals surface area contributed by atoms with Crippen LogP contribution in [0.4, 0.5) is 5.82 Å². The Morgan fingerprint density at radius 3 is 2.65 bits per heavy atom. The van der Waals surface area contributed by atoms with E-state index in [2.05, 4.69) is 39.4 Å². The molecule has 0 aliphatic carbocycles. The largest absolute Gasteiger partial charge is 0.354 e. The van der Waals surface area contributed by atoms with E-state index in [1.807, 2.05) is 17.8 Å². The number of nitrogens with one attached hydrogen (secondary N) is 1. The van der Waals surface area contributed by atoms with Crippen molar-refractivity contribution in [3.8, 4) is 0 Å². The van der Waals surface area contributed by atoms with Gasteiger partial charge in [-0.05, 0) is 38.8 Å². The number of carbonyl (C=O) groups excluding carboxylic acids is 1. The van der Waals surface area contributed by atoms with Crippen molar-refractivity contribution in [3.63, 3.8) is 0 Å². The number of hydrogen-bond donors (Lipinski definition) is 1. The predicted molar refractivity (Wildman–Crippen MR) is 87.4 cm³/mol. The molecular weight excluding hydrogens is 292 g/mol. The zero-order valence-electron chi connectivity index (χ0n) is 14.0. The molecule has 2 aromatic heterocycles. The van der Waals surface area contributed by atoms with E-state index in [0.29, 0.717) is 5.69 Å². The maximum Gasteiger partial charge on any atom is 0.271 e. The van der Waals surface area contributed by atoms with Crippen molar-refractivity contribution in [1.29, 1.82) is 0 Å². The first-order chi connectivity index (χ1) is 11.0. The SMILES string of the molecule is CNC(=O)c1ccc(N2CCCC2c2c(C)nn(C)c2C)nn1. The lowest BCUT2D eigenvalue weighted by atomic mass is 10.0. The molecule has 3 rings (SSSR count). The minimum atomic E-state index is -0.221. The summed E-state index contributed by atoms with van der Waals surface area (Å²) in [6.07, 6.45) is 2.18. The Balaban J connectivity index is 1.91. The van der Waals surface area contributed by atoms with Gasteiger partial charge in [-0.3, -0.25) is 9.48 Å². The van der Waals surface area contributed by atoms with Gasteiger partial charge >= 0.3 is 0 Å². The molecule has 7 nitrogen and oxygen atoms in total. The van der Waals surface area contributed by atoms with Crippen LogP contribution >= 0.6 is 0 Å². The molecule has 1 saturated heterocycles. The van der Waals surface area contributed by atoms with E-state index in [-0.39, 0.29) is 11.9 Å². The van der Waals surface area contributed by atoms with Crippen molar-refractivity contribution < 1.29 is 4.79 Å². The Bertz CT molecular complexity index is 721. The Labute approximate surface area is 135 Å². The molecule has 0 radical (unpaired) electrons. The van der Waals surface area contributed by atoms with Crippen molar-refractivity contribution in [1.82, 2.24) is 25.3 Å². The number of aryl methyl sites for hydroxylation is 2. The highest BCUT2D eigenvalue weighted by atomic mass is 16.1. The summed E-state index contributed by atoms with van der Waals surface area (Å²) in [5, 5.41) is 15.4. The van der Waals surface area contributed by atoms with E-state index in [9.17, 15) is 4.79 Å². The van der Waals surface area contributed by atoms with Crippen molar-refractivity contribution in [2.24, 2.45) is 7.05 Å². The summed E-state index contributed by atoms with van der Waals surface area (Å²) >= 11 is 0. The van der Waals surface area contributed by atoms with Crippen molar-refractivity contribution in [2.75, 3.05) is 18.5 Å². The van der Waals surface area contributed by atoms with E-state index in [4.69, 9.17) is 0 Å². The quantitative estimate of drug-likeness (QED) is 0.930. The number of nitrogens with zero attached hydrogens (tertiary/aromatic N) is 5. The molecule has 1 fully saturated rings.